The first-order valence-electron chi connectivity index (χ1n) is 12.3. The van der Waals surface area contributed by atoms with Crippen molar-refractivity contribution in [1.82, 2.24) is 29.5 Å². The van der Waals surface area contributed by atoms with Gasteiger partial charge in [-0.1, -0.05) is 18.5 Å². The molecule has 0 aliphatic carbocycles. The van der Waals surface area contributed by atoms with E-state index in [1.165, 1.54) is 15.6 Å². The van der Waals surface area contributed by atoms with Crippen LogP contribution in [0.3, 0.4) is 0 Å². The third-order valence-electron chi connectivity index (χ3n) is 6.58. The summed E-state index contributed by atoms with van der Waals surface area (Å²) in [6.45, 7) is 4.93. The quantitative estimate of drug-likeness (QED) is 0.315. The van der Waals surface area contributed by atoms with E-state index in [1.807, 2.05) is 25.1 Å². The number of carbonyl (C=O) groups is 1. The fraction of sp³-hybridized carbons (Fsp3) is 0.308. The predicted molar refractivity (Wildman–Crippen MR) is 144 cm³/mol. The Labute approximate surface area is 224 Å². The Morgan fingerprint density at radius 2 is 1.66 bits per heavy atom. The zero-order valence-corrected chi connectivity index (χ0v) is 21.8. The predicted octanol–water partition coefficient (Wildman–Crippen LogP) is 3.04. The number of nitrogens with zero attached hydrogens (tertiary/aromatic N) is 8. The Bertz CT molecular complexity index is 1440. The molecule has 1 aliphatic heterocycles. The molecule has 0 N–H and O–H groups in total. The van der Waals surface area contributed by atoms with Gasteiger partial charge in [-0.25, -0.2) is 19.0 Å². The van der Waals surface area contributed by atoms with Crippen LogP contribution in [0, 0.1) is 0 Å². The first kappa shape index (κ1) is 25.4. The lowest BCUT2D eigenvalue weighted by Gasteiger charge is -2.35. The standard InChI is InChI=1S/C26H27ClN8O3/c1-3-21(25(36)18-4-6-19(27)7-5-18)35-26(37)34(17-29-35)20-8-9-22(28-16-20)32-12-14-33(15-13-32)23-10-11-24(38-2)31-30-23/h4-11,16-17,21H,3,12-15H2,1-2H3. The van der Waals surface area contributed by atoms with Gasteiger partial charge in [-0.2, -0.15) is 5.10 Å². The topological polar surface area (TPSA) is 111 Å². The van der Waals surface area contributed by atoms with Gasteiger partial charge in [0.25, 0.3) is 0 Å². The molecule has 0 radical (unpaired) electrons. The van der Waals surface area contributed by atoms with E-state index < -0.39 is 11.7 Å². The van der Waals surface area contributed by atoms with Crippen LogP contribution in [-0.4, -0.2) is 68.6 Å². The van der Waals surface area contributed by atoms with Gasteiger partial charge >= 0.3 is 5.69 Å². The number of Topliss-reactive ketones (excluding diaryl/α,β-unsaturated/α-hetero) is 1. The maximum absolute atomic E-state index is 13.2. The molecule has 196 valence electrons. The van der Waals surface area contributed by atoms with E-state index >= 15 is 0 Å². The molecule has 0 saturated carbocycles. The maximum Gasteiger partial charge on any atom is 0.351 e. The summed E-state index contributed by atoms with van der Waals surface area (Å²) in [6, 6.07) is 13.3. The molecule has 5 rings (SSSR count). The molecule has 38 heavy (non-hydrogen) atoms. The van der Waals surface area contributed by atoms with E-state index in [0.29, 0.717) is 28.6 Å². The van der Waals surface area contributed by atoms with Gasteiger partial charge in [-0.15, -0.1) is 10.2 Å². The zero-order chi connectivity index (χ0) is 26.6. The van der Waals surface area contributed by atoms with E-state index in [0.717, 1.165) is 37.8 Å². The van der Waals surface area contributed by atoms with E-state index in [-0.39, 0.29) is 5.78 Å². The van der Waals surface area contributed by atoms with Crippen molar-refractivity contribution >= 4 is 29.0 Å². The minimum atomic E-state index is -0.719. The second kappa shape index (κ2) is 11.0. The van der Waals surface area contributed by atoms with E-state index in [2.05, 4.69) is 30.1 Å². The van der Waals surface area contributed by atoms with Gasteiger partial charge in [-0.05, 0) is 48.9 Å². The Balaban J connectivity index is 1.27. The number of ether oxygens (including phenoxy) is 1. The van der Waals surface area contributed by atoms with Gasteiger partial charge in [0.2, 0.25) is 5.88 Å². The lowest BCUT2D eigenvalue weighted by atomic mass is 10.0. The molecule has 0 spiro atoms. The number of aromatic nitrogens is 6. The maximum atomic E-state index is 13.2. The summed E-state index contributed by atoms with van der Waals surface area (Å²) in [7, 11) is 1.56. The highest BCUT2D eigenvalue weighted by Gasteiger charge is 2.25. The number of piperazine rings is 1. The summed E-state index contributed by atoms with van der Waals surface area (Å²) < 4.78 is 7.70. The van der Waals surface area contributed by atoms with Crippen molar-refractivity contribution in [3.05, 3.63) is 82.1 Å². The number of pyridine rings is 1. The monoisotopic (exact) mass is 534 g/mol. The van der Waals surface area contributed by atoms with Gasteiger partial charge < -0.3 is 14.5 Å². The molecule has 1 saturated heterocycles. The normalized spacial score (nSPS) is 14.4. The minimum Gasteiger partial charge on any atom is -0.480 e. The second-order valence-corrected chi connectivity index (χ2v) is 9.24. The number of halogens is 1. The van der Waals surface area contributed by atoms with Crippen LogP contribution in [0.5, 0.6) is 5.88 Å². The molecule has 0 bridgehead atoms. The lowest BCUT2D eigenvalue weighted by Crippen LogP contribution is -2.47. The summed E-state index contributed by atoms with van der Waals surface area (Å²) in [4.78, 5) is 35.2. The molecule has 11 nitrogen and oxygen atoms in total. The summed E-state index contributed by atoms with van der Waals surface area (Å²) in [6.07, 6.45) is 3.49. The summed E-state index contributed by atoms with van der Waals surface area (Å²) >= 11 is 5.94. The van der Waals surface area contributed by atoms with Crippen molar-refractivity contribution in [3.8, 4) is 11.6 Å². The van der Waals surface area contributed by atoms with Crippen LogP contribution in [0.2, 0.25) is 5.02 Å². The van der Waals surface area contributed by atoms with E-state index in [1.54, 1.807) is 43.6 Å². The first-order valence-corrected chi connectivity index (χ1v) is 12.7. The Hall–Kier alpha value is -4.25. The number of ketones is 1. The molecule has 1 fully saturated rings. The third kappa shape index (κ3) is 5.10. The zero-order valence-electron chi connectivity index (χ0n) is 21.1. The molecule has 4 heterocycles. The highest BCUT2D eigenvalue weighted by molar-refractivity contribution is 6.30. The number of hydrogen-bond acceptors (Lipinski definition) is 9. The van der Waals surface area contributed by atoms with Crippen molar-refractivity contribution in [2.45, 2.75) is 19.4 Å². The number of rotatable bonds is 8. The highest BCUT2D eigenvalue weighted by atomic mass is 35.5. The Morgan fingerprint density at radius 3 is 2.24 bits per heavy atom. The van der Waals surface area contributed by atoms with Crippen molar-refractivity contribution in [1.29, 1.82) is 0 Å². The van der Waals surface area contributed by atoms with Crippen LogP contribution in [-0.2, 0) is 0 Å². The number of methoxy groups -OCH3 is 1. The van der Waals surface area contributed by atoms with Crippen LogP contribution in [0.4, 0.5) is 11.6 Å². The number of anilines is 2. The van der Waals surface area contributed by atoms with Crippen LogP contribution in [0.15, 0.2) is 65.8 Å². The fourth-order valence-electron chi connectivity index (χ4n) is 4.45. The Morgan fingerprint density at radius 1 is 0.974 bits per heavy atom. The smallest absolute Gasteiger partial charge is 0.351 e. The molecular formula is C26H27ClN8O3. The molecule has 3 aromatic heterocycles. The molecule has 0 amide bonds. The van der Waals surface area contributed by atoms with Gasteiger partial charge in [-0.3, -0.25) is 4.79 Å². The summed E-state index contributed by atoms with van der Waals surface area (Å²) in [5.41, 5.74) is 0.654. The van der Waals surface area contributed by atoms with Crippen LogP contribution in [0.1, 0.15) is 29.7 Å². The van der Waals surface area contributed by atoms with Gasteiger partial charge in [0.15, 0.2) is 11.6 Å². The van der Waals surface area contributed by atoms with Gasteiger partial charge in [0.1, 0.15) is 18.2 Å². The van der Waals surface area contributed by atoms with Gasteiger partial charge in [0, 0.05) is 42.8 Å². The van der Waals surface area contributed by atoms with Crippen molar-refractivity contribution in [3.63, 3.8) is 0 Å². The van der Waals surface area contributed by atoms with Crippen molar-refractivity contribution in [2.75, 3.05) is 43.1 Å². The minimum absolute atomic E-state index is 0.190. The molecule has 4 aromatic rings. The SMILES string of the molecule is CCC(C(=O)c1ccc(Cl)cc1)n1ncn(-c2ccc(N3CCN(c4ccc(OC)nn4)CC3)nc2)c1=O. The molecular weight excluding hydrogens is 508 g/mol. The van der Waals surface area contributed by atoms with Gasteiger partial charge in [0.05, 0.1) is 19.0 Å². The molecule has 12 heteroatoms. The van der Waals surface area contributed by atoms with Crippen molar-refractivity contribution < 1.29 is 9.53 Å². The average Bonchev–Trinajstić information content (AvgIpc) is 3.34. The molecule has 1 aromatic carbocycles. The van der Waals surface area contributed by atoms with Crippen molar-refractivity contribution in [2.24, 2.45) is 0 Å². The fourth-order valence-corrected chi connectivity index (χ4v) is 4.57. The second-order valence-electron chi connectivity index (χ2n) is 8.81. The Kier molecular flexibility index (Phi) is 7.36. The number of carbonyl (C=O) groups excluding carboxylic acids is 1. The molecule has 1 unspecified atom stereocenters. The van der Waals surface area contributed by atoms with Crippen LogP contribution in [0.25, 0.3) is 5.69 Å². The highest BCUT2D eigenvalue weighted by Crippen LogP contribution is 2.21. The summed E-state index contributed by atoms with van der Waals surface area (Å²) in [5.74, 6) is 1.92. The first-order chi connectivity index (χ1) is 18.5. The van der Waals surface area contributed by atoms with Crippen LogP contribution < -0.4 is 20.2 Å². The van der Waals surface area contributed by atoms with E-state index in [9.17, 15) is 9.59 Å². The lowest BCUT2D eigenvalue weighted by molar-refractivity contribution is 0.0911. The summed E-state index contributed by atoms with van der Waals surface area (Å²) in [5, 5.41) is 13.1. The van der Waals surface area contributed by atoms with Crippen LogP contribution >= 0.6 is 11.6 Å². The molecule has 1 aliphatic rings. The average molecular weight is 535 g/mol. The number of benzene rings is 1. The molecule has 1 atom stereocenters. The largest absolute Gasteiger partial charge is 0.480 e. The number of hydrogen-bond donors (Lipinski definition) is 0. The third-order valence-corrected chi connectivity index (χ3v) is 6.83. The van der Waals surface area contributed by atoms with E-state index in [4.69, 9.17) is 16.3 Å².